The zero-order valence-electron chi connectivity index (χ0n) is 22.3. The Labute approximate surface area is 219 Å². The van der Waals surface area contributed by atoms with Gasteiger partial charge in [0.1, 0.15) is 11.3 Å². The van der Waals surface area contributed by atoms with E-state index in [0.29, 0.717) is 37.6 Å². The maximum Gasteiger partial charge on any atom is 0.243 e. The first-order valence-electron chi connectivity index (χ1n) is 12.8. The number of nitrogens with zero attached hydrogens (tertiary/aromatic N) is 5. The molecule has 2 aromatic heterocycles. The number of sulfonamides is 1. The molecule has 5 rings (SSSR count). The first kappa shape index (κ1) is 25.6. The second-order valence-electron chi connectivity index (χ2n) is 11.0. The van der Waals surface area contributed by atoms with Gasteiger partial charge in [0.15, 0.2) is 5.65 Å². The van der Waals surface area contributed by atoms with Crippen LogP contribution in [0, 0.1) is 13.8 Å². The SMILES string of the molecule is Cc1cc(C)cc(-n2c(CN3CCN(S(=O)(=O)c4ccc(C(C)(C)C)cc4)CC3)nc3cccnc32)c1. The zero-order valence-corrected chi connectivity index (χ0v) is 23.1. The number of piperazine rings is 1. The monoisotopic (exact) mass is 517 g/mol. The molecule has 4 aromatic rings. The third-order valence-corrected chi connectivity index (χ3v) is 8.92. The van der Waals surface area contributed by atoms with Crippen LogP contribution in [0.5, 0.6) is 0 Å². The van der Waals surface area contributed by atoms with Crippen LogP contribution in [0.1, 0.15) is 43.3 Å². The minimum absolute atomic E-state index is 0.0168. The zero-order chi connectivity index (χ0) is 26.4. The van der Waals surface area contributed by atoms with E-state index in [9.17, 15) is 8.42 Å². The molecule has 1 aliphatic rings. The minimum Gasteiger partial charge on any atom is -0.293 e. The Bertz CT molecular complexity index is 1510. The molecule has 0 aliphatic carbocycles. The van der Waals surface area contributed by atoms with Gasteiger partial charge in [-0.05, 0) is 72.4 Å². The first-order valence-corrected chi connectivity index (χ1v) is 14.2. The van der Waals surface area contributed by atoms with Crippen LogP contribution in [0.2, 0.25) is 0 Å². The van der Waals surface area contributed by atoms with E-state index in [2.05, 4.69) is 67.3 Å². The van der Waals surface area contributed by atoms with Crippen molar-refractivity contribution in [2.75, 3.05) is 26.2 Å². The third-order valence-electron chi connectivity index (χ3n) is 7.00. The van der Waals surface area contributed by atoms with Gasteiger partial charge in [-0.3, -0.25) is 9.47 Å². The molecule has 0 N–H and O–H groups in total. The number of rotatable bonds is 5. The normalized spacial score (nSPS) is 15.9. The fourth-order valence-electron chi connectivity index (χ4n) is 5.02. The van der Waals surface area contributed by atoms with E-state index in [-0.39, 0.29) is 5.41 Å². The summed E-state index contributed by atoms with van der Waals surface area (Å²) >= 11 is 0. The predicted octanol–water partition coefficient (Wildman–Crippen LogP) is 4.84. The van der Waals surface area contributed by atoms with Gasteiger partial charge in [0.2, 0.25) is 10.0 Å². The highest BCUT2D eigenvalue weighted by Crippen LogP contribution is 2.26. The van der Waals surface area contributed by atoms with E-state index in [1.807, 2.05) is 24.3 Å². The van der Waals surface area contributed by atoms with Crippen molar-refractivity contribution in [3.05, 3.63) is 83.3 Å². The number of pyridine rings is 1. The Morgan fingerprint density at radius 3 is 2.16 bits per heavy atom. The summed E-state index contributed by atoms with van der Waals surface area (Å²) in [4.78, 5) is 12.2. The lowest BCUT2D eigenvalue weighted by Crippen LogP contribution is -2.48. The fourth-order valence-corrected chi connectivity index (χ4v) is 6.44. The molecule has 0 amide bonds. The number of aryl methyl sites for hydroxylation is 2. The second kappa shape index (κ2) is 9.67. The molecule has 1 fully saturated rings. The van der Waals surface area contributed by atoms with Crippen molar-refractivity contribution in [3.63, 3.8) is 0 Å². The van der Waals surface area contributed by atoms with Crippen molar-refractivity contribution >= 4 is 21.2 Å². The van der Waals surface area contributed by atoms with Crippen LogP contribution in [0.25, 0.3) is 16.9 Å². The summed E-state index contributed by atoms with van der Waals surface area (Å²) in [6.45, 7) is 13.4. The van der Waals surface area contributed by atoms with Gasteiger partial charge in [0.05, 0.1) is 11.4 Å². The van der Waals surface area contributed by atoms with Gasteiger partial charge in [-0.25, -0.2) is 18.4 Å². The standard InChI is InChI=1S/C29H35N5O2S/c1-21-17-22(2)19-24(18-21)34-27(31-26-7-6-12-30-28(26)34)20-32-13-15-33(16-14-32)37(35,36)25-10-8-23(9-11-25)29(3,4)5/h6-12,17-19H,13-16,20H2,1-5H3. The van der Waals surface area contributed by atoms with Crippen LogP contribution in [0.4, 0.5) is 0 Å². The maximum atomic E-state index is 13.3. The van der Waals surface area contributed by atoms with Crippen LogP contribution in [-0.4, -0.2) is 58.3 Å². The molecule has 1 aliphatic heterocycles. The molecule has 1 saturated heterocycles. The number of hydrogen-bond donors (Lipinski definition) is 0. The summed E-state index contributed by atoms with van der Waals surface area (Å²) in [5.74, 6) is 0.910. The van der Waals surface area contributed by atoms with Crippen LogP contribution in [0.15, 0.2) is 65.7 Å². The third kappa shape index (κ3) is 5.19. The average molecular weight is 518 g/mol. The van der Waals surface area contributed by atoms with E-state index >= 15 is 0 Å². The number of aromatic nitrogens is 3. The molecule has 0 atom stereocenters. The predicted molar refractivity (Wildman–Crippen MR) is 148 cm³/mol. The summed E-state index contributed by atoms with van der Waals surface area (Å²) in [6, 6.07) is 17.7. The molecule has 0 radical (unpaired) electrons. The molecule has 0 bridgehead atoms. The molecule has 2 aromatic carbocycles. The molecule has 7 nitrogen and oxygen atoms in total. The van der Waals surface area contributed by atoms with E-state index in [1.165, 1.54) is 11.1 Å². The minimum atomic E-state index is -3.53. The smallest absolute Gasteiger partial charge is 0.243 e. The van der Waals surface area contributed by atoms with Crippen molar-refractivity contribution in [3.8, 4) is 5.69 Å². The Morgan fingerprint density at radius 1 is 0.892 bits per heavy atom. The molecule has 0 spiro atoms. The highest BCUT2D eigenvalue weighted by Gasteiger charge is 2.29. The first-order chi connectivity index (χ1) is 17.5. The fraction of sp³-hybridized carbons (Fsp3) is 0.379. The van der Waals surface area contributed by atoms with Crippen molar-refractivity contribution in [2.45, 2.75) is 51.5 Å². The van der Waals surface area contributed by atoms with Crippen LogP contribution in [0.3, 0.4) is 0 Å². The molecular weight excluding hydrogens is 482 g/mol. The van der Waals surface area contributed by atoms with Crippen molar-refractivity contribution < 1.29 is 8.42 Å². The molecule has 8 heteroatoms. The largest absolute Gasteiger partial charge is 0.293 e. The van der Waals surface area contributed by atoms with Gasteiger partial charge >= 0.3 is 0 Å². The number of hydrogen-bond acceptors (Lipinski definition) is 5. The van der Waals surface area contributed by atoms with Gasteiger partial charge in [0, 0.05) is 38.1 Å². The lowest BCUT2D eigenvalue weighted by molar-refractivity contribution is 0.177. The van der Waals surface area contributed by atoms with Crippen molar-refractivity contribution in [1.29, 1.82) is 0 Å². The Hall–Kier alpha value is -3.07. The summed E-state index contributed by atoms with van der Waals surface area (Å²) in [5.41, 5.74) is 6.23. The van der Waals surface area contributed by atoms with E-state index in [0.717, 1.165) is 28.2 Å². The number of fused-ring (bicyclic) bond motifs is 1. The average Bonchev–Trinajstić information content (AvgIpc) is 3.21. The Balaban J connectivity index is 1.35. The molecule has 37 heavy (non-hydrogen) atoms. The molecule has 3 heterocycles. The number of imidazole rings is 1. The van der Waals surface area contributed by atoms with Gasteiger partial charge in [-0.1, -0.05) is 39.0 Å². The van der Waals surface area contributed by atoms with Crippen molar-refractivity contribution in [2.24, 2.45) is 0 Å². The summed E-state index contributed by atoms with van der Waals surface area (Å²) in [6.07, 6.45) is 1.80. The Morgan fingerprint density at radius 2 is 1.54 bits per heavy atom. The van der Waals surface area contributed by atoms with Gasteiger partial charge in [0.25, 0.3) is 0 Å². The van der Waals surface area contributed by atoms with Gasteiger partial charge in [-0.2, -0.15) is 4.31 Å². The number of benzene rings is 2. The highest BCUT2D eigenvalue weighted by molar-refractivity contribution is 7.89. The molecular formula is C29H35N5O2S. The quantitative estimate of drug-likeness (QED) is 0.379. The summed E-state index contributed by atoms with van der Waals surface area (Å²) in [5, 5.41) is 0. The topological polar surface area (TPSA) is 71.3 Å². The summed E-state index contributed by atoms with van der Waals surface area (Å²) in [7, 11) is -3.53. The molecule has 0 saturated carbocycles. The lowest BCUT2D eigenvalue weighted by Gasteiger charge is -2.34. The Kier molecular flexibility index (Phi) is 6.68. The van der Waals surface area contributed by atoms with Crippen LogP contribution < -0.4 is 0 Å². The highest BCUT2D eigenvalue weighted by atomic mass is 32.2. The van der Waals surface area contributed by atoms with Gasteiger partial charge in [-0.15, -0.1) is 0 Å². The van der Waals surface area contributed by atoms with Crippen LogP contribution >= 0.6 is 0 Å². The van der Waals surface area contributed by atoms with Gasteiger partial charge < -0.3 is 0 Å². The van der Waals surface area contributed by atoms with E-state index in [1.54, 1.807) is 22.6 Å². The van der Waals surface area contributed by atoms with E-state index in [4.69, 9.17) is 4.98 Å². The lowest BCUT2D eigenvalue weighted by atomic mass is 9.87. The van der Waals surface area contributed by atoms with E-state index < -0.39 is 10.0 Å². The van der Waals surface area contributed by atoms with Crippen LogP contribution in [-0.2, 0) is 22.0 Å². The maximum absolute atomic E-state index is 13.3. The molecule has 0 unspecified atom stereocenters. The molecule has 194 valence electrons. The summed E-state index contributed by atoms with van der Waals surface area (Å²) < 4.78 is 30.4. The van der Waals surface area contributed by atoms with Crippen molar-refractivity contribution in [1.82, 2.24) is 23.7 Å². The second-order valence-corrected chi connectivity index (χ2v) is 12.9.